The van der Waals surface area contributed by atoms with Crippen LogP contribution in [-0.2, 0) is 16.1 Å². The van der Waals surface area contributed by atoms with Crippen LogP contribution in [0.15, 0.2) is 72.4 Å². The Hall–Kier alpha value is -2.18. The second-order valence-corrected chi connectivity index (χ2v) is 7.57. The van der Waals surface area contributed by atoms with Crippen LogP contribution < -0.4 is 0 Å². The molecule has 0 bridgehead atoms. The topological polar surface area (TPSA) is 54.3 Å². The number of rotatable bonds is 11. The molecule has 0 fully saturated rings. The molecule has 5 nitrogen and oxygen atoms in total. The maximum Gasteiger partial charge on any atom is 0.145 e. The average Bonchev–Trinajstić information content (AvgIpc) is 3.18. The van der Waals surface area contributed by atoms with Crippen molar-refractivity contribution in [2.45, 2.75) is 25.2 Å². The lowest BCUT2D eigenvalue weighted by Gasteiger charge is -2.27. The van der Waals surface area contributed by atoms with Crippen LogP contribution in [-0.4, -0.2) is 54.2 Å². The Morgan fingerprint density at radius 2 is 2.00 bits per heavy atom. The summed E-state index contributed by atoms with van der Waals surface area (Å²) in [6, 6.07) is 17.8. The predicted octanol–water partition coefficient (Wildman–Crippen LogP) is 3.90. The molecule has 0 aliphatic carbocycles. The fraction of sp³-hybridized carbons (Fsp3) is 0.348. The average molecular weight is 415 g/mol. The van der Waals surface area contributed by atoms with E-state index in [-0.39, 0.29) is 12.7 Å². The highest BCUT2D eigenvalue weighted by molar-refractivity contribution is 6.30. The van der Waals surface area contributed by atoms with Crippen LogP contribution in [0.5, 0.6) is 0 Å². The van der Waals surface area contributed by atoms with E-state index in [4.69, 9.17) is 21.2 Å². The Labute approximate surface area is 177 Å². The standard InChI is InChI=1S/C23H27ClN2O3/c1-2-12-28-17-21(27)15-26(14-18-6-4-3-5-7-18)16-22-13-23(25-29-22)19-8-10-20(24)11-9-19/h2-11,21-22,27H,1,12-17H2/t21-,22-/m0/s1. The van der Waals surface area contributed by atoms with Crippen molar-refractivity contribution in [1.29, 1.82) is 0 Å². The van der Waals surface area contributed by atoms with Gasteiger partial charge < -0.3 is 14.7 Å². The van der Waals surface area contributed by atoms with Crippen LogP contribution in [0.2, 0.25) is 5.02 Å². The van der Waals surface area contributed by atoms with Crippen LogP contribution in [0.1, 0.15) is 17.5 Å². The van der Waals surface area contributed by atoms with Gasteiger partial charge in [-0.2, -0.15) is 0 Å². The molecule has 1 heterocycles. The van der Waals surface area contributed by atoms with Crippen LogP contribution in [0.3, 0.4) is 0 Å². The van der Waals surface area contributed by atoms with Gasteiger partial charge in [0.1, 0.15) is 6.10 Å². The lowest BCUT2D eigenvalue weighted by molar-refractivity contribution is 0.00336. The Bertz CT molecular complexity index is 796. The first-order chi connectivity index (χ1) is 14.1. The van der Waals surface area contributed by atoms with Gasteiger partial charge in [-0.25, -0.2) is 0 Å². The number of hydrogen-bond acceptors (Lipinski definition) is 5. The van der Waals surface area contributed by atoms with Gasteiger partial charge in [0, 0.05) is 31.1 Å². The van der Waals surface area contributed by atoms with Crippen molar-refractivity contribution in [2.24, 2.45) is 5.16 Å². The zero-order valence-electron chi connectivity index (χ0n) is 16.4. The highest BCUT2D eigenvalue weighted by Crippen LogP contribution is 2.20. The number of halogens is 1. The minimum atomic E-state index is -0.586. The summed E-state index contributed by atoms with van der Waals surface area (Å²) in [7, 11) is 0. The van der Waals surface area contributed by atoms with Crippen molar-refractivity contribution in [3.63, 3.8) is 0 Å². The van der Waals surface area contributed by atoms with E-state index >= 15 is 0 Å². The van der Waals surface area contributed by atoms with E-state index in [2.05, 4.69) is 28.8 Å². The van der Waals surface area contributed by atoms with E-state index in [0.717, 1.165) is 24.2 Å². The summed E-state index contributed by atoms with van der Waals surface area (Å²) in [4.78, 5) is 7.87. The third-order valence-electron chi connectivity index (χ3n) is 4.64. The normalized spacial score (nSPS) is 17.1. The SMILES string of the molecule is C=CCOC[C@@H](O)CN(Cc1ccccc1)C[C@@H]1CC(c2ccc(Cl)cc2)=NO1. The molecule has 0 radical (unpaired) electrons. The van der Waals surface area contributed by atoms with E-state index in [9.17, 15) is 5.11 Å². The largest absolute Gasteiger partial charge is 0.390 e. The van der Waals surface area contributed by atoms with Gasteiger partial charge in [0.2, 0.25) is 0 Å². The molecule has 2 atom stereocenters. The zero-order chi connectivity index (χ0) is 20.5. The first-order valence-corrected chi connectivity index (χ1v) is 10.1. The lowest BCUT2D eigenvalue weighted by atomic mass is 10.0. The molecule has 2 aromatic rings. The third kappa shape index (κ3) is 6.98. The summed E-state index contributed by atoms with van der Waals surface area (Å²) in [6.07, 6.45) is 1.74. The van der Waals surface area contributed by atoms with Gasteiger partial charge in [-0.15, -0.1) is 6.58 Å². The Kier molecular flexibility index (Phi) is 8.25. The van der Waals surface area contributed by atoms with Crippen molar-refractivity contribution < 1.29 is 14.7 Å². The molecule has 154 valence electrons. The van der Waals surface area contributed by atoms with Gasteiger partial charge in [0.05, 0.1) is 25.0 Å². The highest BCUT2D eigenvalue weighted by Gasteiger charge is 2.25. The molecule has 0 amide bonds. The number of oxime groups is 1. The van der Waals surface area contributed by atoms with Gasteiger partial charge in [-0.1, -0.05) is 65.3 Å². The quantitative estimate of drug-likeness (QED) is 0.447. The van der Waals surface area contributed by atoms with Crippen molar-refractivity contribution in [3.05, 3.63) is 83.4 Å². The molecule has 0 saturated heterocycles. The summed E-state index contributed by atoms with van der Waals surface area (Å²) in [5, 5.41) is 15.3. The molecule has 29 heavy (non-hydrogen) atoms. The summed E-state index contributed by atoms with van der Waals surface area (Å²) in [5.41, 5.74) is 3.12. The molecule has 6 heteroatoms. The van der Waals surface area contributed by atoms with E-state index in [0.29, 0.717) is 24.7 Å². The predicted molar refractivity (Wildman–Crippen MR) is 116 cm³/mol. The van der Waals surface area contributed by atoms with Crippen molar-refractivity contribution in [1.82, 2.24) is 4.90 Å². The molecule has 0 aromatic heterocycles. The molecular formula is C23H27ClN2O3. The van der Waals surface area contributed by atoms with Crippen molar-refractivity contribution in [2.75, 3.05) is 26.3 Å². The Morgan fingerprint density at radius 3 is 2.72 bits per heavy atom. The number of benzene rings is 2. The third-order valence-corrected chi connectivity index (χ3v) is 4.89. The van der Waals surface area contributed by atoms with Gasteiger partial charge in [-0.3, -0.25) is 4.90 Å². The number of aliphatic hydroxyl groups excluding tert-OH is 1. The van der Waals surface area contributed by atoms with Gasteiger partial charge >= 0.3 is 0 Å². The van der Waals surface area contributed by atoms with Gasteiger partial charge in [0.25, 0.3) is 0 Å². The molecule has 0 saturated carbocycles. The summed E-state index contributed by atoms with van der Waals surface area (Å²) in [6.45, 7) is 6.20. The maximum absolute atomic E-state index is 10.4. The summed E-state index contributed by atoms with van der Waals surface area (Å²) in [5.74, 6) is 0. The fourth-order valence-corrected chi connectivity index (χ4v) is 3.44. The van der Waals surface area contributed by atoms with E-state index in [1.165, 1.54) is 5.56 Å². The molecule has 0 unspecified atom stereocenters. The summed E-state index contributed by atoms with van der Waals surface area (Å²) < 4.78 is 5.39. The lowest BCUT2D eigenvalue weighted by Crippen LogP contribution is -2.39. The Morgan fingerprint density at radius 1 is 1.24 bits per heavy atom. The molecule has 3 rings (SSSR count). The minimum Gasteiger partial charge on any atom is -0.390 e. The van der Waals surface area contributed by atoms with E-state index in [1.807, 2.05) is 42.5 Å². The van der Waals surface area contributed by atoms with Crippen LogP contribution >= 0.6 is 11.6 Å². The molecule has 0 spiro atoms. The van der Waals surface area contributed by atoms with E-state index in [1.54, 1.807) is 6.08 Å². The van der Waals surface area contributed by atoms with Crippen molar-refractivity contribution >= 4 is 17.3 Å². The van der Waals surface area contributed by atoms with Crippen LogP contribution in [0, 0.1) is 0 Å². The molecule has 1 aliphatic rings. The minimum absolute atomic E-state index is 0.0642. The summed E-state index contributed by atoms with van der Waals surface area (Å²) >= 11 is 5.97. The smallest absolute Gasteiger partial charge is 0.145 e. The maximum atomic E-state index is 10.4. The second-order valence-electron chi connectivity index (χ2n) is 7.14. The zero-order valence-corrected chi connectivity index (χ0v) is 17.2. The fourth-order valence-electron chi connectivity index (χ4n) is 3.31. The second kappa shape index (κ2) is 11.1. The monoisotopic (exact) mass is 414 g/mol. The number of aliphatic hydroxyl groups is 1. The number of hydrogen-bond donors (Lipinski definition) is 1. The number of nitrogens with zero attached hydrogens (tertiary/aromatic N) is 2. The van der Waals surface area contributed by atoms with E-state index < -0.39 is 6.10 Å². The first kappa shape index (κ1) is 21.5. The first-order valence-electron chi connectivity index (χ1n) is 9.75. The van der Waals surface area contributed by atoms with Gasteiger partial charge in [-0.05, 0) is 23.3 Å². The highest BCUT2D eigenvalue weighted by atomic mass is 35.5. The molecule has 2 aromatic carbocycles. The van der Waals surface area contributed by atoms with Crippen molar-refractivity contribution in [3.8, 4) is 0 Å². The molecule has 1 N–H and O–H groups in total. The number of ether oxygens (including phenoxy) is 1. The Balaban J connectivity index is 1.58. The molecular weight excluding hydrogens is 388 g/mol. The van der Waals surface area contributed by atoms with Crippen LogP contribution in [0.25, 0.3) is 0 Å². The van der Waals surface area contributed by atoms with Crippen LogP contribution in [0.4, 0.5) is 0 Å². The molecule has 1 aliphatic heterocycles. The van der Waals surface area contributed by atoms with Gasteiger partial charge in [0.15, 0.2) is 0 Å².